The highest BCUT2D eigenvalue weighted by Crippen LogP contribution is 2.29. The maximum absolute atomic E-state index is 13.7. The molecule has 9 nitrogen and oxygen atoms in total. The molecular weight excluding hydrogens is 520 g/mol. The number of ketones is 1. The number of para-hydroxylation sites is 1. The van der Waals surface area contributed by atoms with Crippen LogP contribution in [0.25, 0.3) is 0 Å². The highest BCUT2D eigenvalue weighted by Gasteiger charge is 2.30. The Balaban J connectivity index is 1.32. The Morgan fingerprint density at radius 1 is 1.21 bits per heavy atom. The molecule has 202 valence electrons. The van der Waals surface area contributed by atoms with Crippen molar-refractivity contribution >= 4 is 34.7 Å². The summed E-state index contributed by atoms with van der Waals surface area (Å²) in [6.07, 6.45) is 1.97. The lowest BCUT2D eigenvalue weighted by Gasteiger charge is -2.28. The average Bonchev–Trinajstić information content (AvgIpc) is 3.42. The fraction of sp³-hybridized carbons (Fsp3) is 0.310. The predicted octanol–water partition coefficient (Wildman–Crippen LogP) is 4.13. The molecule has 5 rings (SSSR count). The number of aromatic nitrogens is 1. The van der Waals surface area contributed by atoms with Gasteiger partial charge in [-0.15, -0.1) is 0 Å². The molecular formula is C29H29ClN4O5. The summed E-state index contributed by atoms with van der Waals surface area (Å²) in [7, 11) is 0. The van der Waals surface area contributed by atoms with Gasteiger partial charge >= 0.3 is 0 Å². The van der Waals surface area contributed by atoms with Crippen LogP contribution in [0.3, 0.4) is 0 Å². The third kappa shape index (κ3) is 6.27. The van der Waals surface area contributed by atoms with E-state index in [2.05, 4.69) is 15.3 Å². The van der Waals surface area contributed by atoms with Crippen molar-refractivity contribution in [3.8, 4) is 11.5 Å². The Bertz CT molecular complexity index is 1410. The molecule has 39 heavy (non-hydrogen) atoms. The number of carbonyl (C=O) groups is 2. The molecule has 2 aromatic carbocycles. The lowest BCUT2D eigenvalue weighted by atomic mass is 9.95. The maximum Gasteiger partial charge on any atom is 0.248 e. The zero-order valence-corrected chi connectivity index (χ0v) is 22.1. The number of nitrogens with zero attached hydrogens (tertiary/aromatic N) is 2. The Morgan fingerprint density at radius 2 is 2.03 bits per heavy atom. The van der Waals surface area contributed by atoms with Crippen molar-refractivity contribution in [2.75, 3.05) is 13.2 Å². The van der Waals surface area contributed by atoms with E-state index < -0.39 is 12.0 Å². The minimum atomic E-state index is -1.06. The van der Waals surface area contributed by atoms with Crippen LogP contribution in [0, 0.1) is 0 Å². The van der Waals surface area contributed by atoms with E-state index in [9.17, 15) is 14.7 Å². The molecule has 1 fully saturated rings. The molecule has 3 heterocycles. The number of halogens is 1. The van der Waals surface area contributed by atoms with Crippen LogP contribution in [0.1, 0.15) is 41.4 Å². The second-order valence-electron chi connectivity index (χ2n) is 9.51. The first-order chi connectivity index (χ1) is 18.9. The van der Waals surface area contributed by atoms with E-state index in [0.717, 1.165) is 11.3 Å². The number of aliphatic hydroxyl groups excluding tert-OH is 1. The smallest absolute Gasteiger partial charge is 0.248 e. The number of nitrogens with one attached hydrogen (secondary N) is 2. The van der Waals surface area contributed by atoms with Crippen LogP contribution < -0.4 is 10.1 Å². The van der Waals surface area contributed by atoms with Crippen LogP contribution >= 0.6 is 11.6 Å². The number of ether oxygens (including phenoxy) is 2. The van der Waals surface area contributed by atoms with E-state index in [0.29, 0.717) is 55.3 Å². The van der Waals surface area contributed by atoms with Crippen LogP contribution in [0.4, 0.5) is 0 Å². The molecule has 1 saturated heterocycles. The molecule has 0 saturated carbocycles. The summed E-state index contributed by atoms with van der Waals surface area (Å²) in [5.41, 5.74) is 2.80. The van der Waals surface area contributed by atoms with Gasteiger partial charge in [0, 0.05) is 35.6 Å². The monoisotopic (exact) mass is 548 g/mol. The molecule has 3 aromatic rings. The molecule has 2 aliphatic rings. The Hall–Kier alpha value is -3.79. The van der Waals surface area contributed by atoms with Crippen molar-refractivity contribution in [3.63, 3.8) is 0 Å². The van der Waals surface area contributed by atoms with Crippen molar-refractivity contribution in [2.24, 2.45) is 9.98 Å². The number of hydrogen-bond donors (Lipinski definition) is 3. The SMILES string of the molecule is C[C@H](O)C(=O)NC[C@@H]1CC[C@@H](N=C2C(C(=O)c3ccc(Oc4ccccc4)cc3Cl)=NCc3[nH]ccc32)CO1. The maximum atomic E-state index is 13.7. The number of hydrogen-bond acceptors (Lipinski definition) is 7. The first-order valence-corrected chi connectivity index (χ1v) is 13.2. The molecule has 0 radical (unpaired) electrons. The Kier molecular flexibility index (Phi) is 8.21. The van der Waals surface area contributed by atoms with Crippen molar-refractivity contribution in [3.05, 3.63) is 82.6 Å². The van der Waals surface area contributed by atoms with Crippen molar-refractivity contribution in [2.45, 2.75) is 44.6 Å². The lowest BCUT2D eigenvalue weighted by molar-refractivity contribution is -0.129. The molecule has 0 unspecified atom stereocenters. The van der Waals surface area contributed by atoms with Crippen LogP contribution in [0.5, 0.6) is 11.5 Å². The van der Waals surface area contributed by atoms with Crippen molar-refractivity contribution < 1.29 is 24.2 Å². The third-order valence-electron chi connectivity index (χ3n) is 6.63. The van der Waals surface area contributed by atoms with E-state index in [-0.39, 0.29) is 28.7 Å². The van der Waals surface area contributed by atoms with Crippen molar-refractivity contribution in [1.29, 1.82) is 0 Å². The topological polar surface area (TPSA) is 125 Å². The lowest BCUT2D eigenvalue weighted by Crippen LogP contribution is -2.41. The van der Waals surface area contributed by atoms with Crippen molar-refractivity contribution in [1.82, 2.24) is 10.3 Å². The van der Waals surface area contributed by atoms with Gasteiger partial charge in [-0.3, -0.25) is 19.6 Å². The highest BCUT2D eigenvalue weighted by atomic mass is 35.5. The molecule has 2 aliphatic heterocycles. The molecule has 3 atom stereocenters. The number of H-pyrrole nitrogens is 1. The fourth-order valence-corrected chi connectivity index (χ4v) is 4.78. The molecule has 3 N–H and O–H groups in total. The summed E-state index contributed by atoms with van der Waals surface area (Å²) in [6, 6.07) is 16.0. The minimum Gasteiger partial charge on any atom is -0.457 e. The van der Waals surface area contributed by atoms with E-state index in [4.69, 9.17) is 26.1 Å². The van der Waals surface area contributed by atoms with Gasteiger partial charge in [0.2, 0.25) is 11.7 Å². The number of amides is 1. The number of rotatable bonds is 8. The highest BCUT2D eigenvalue weighted by molar-refractivity contribution is 6.74. The summed E-state index contributed by atoms with van der Waals surface area (Å²) in [4.78, 5) is 38.0. The van der Waals surface area contributed by atoms with E-state index in [1.807, 2.05) is 42.6 Å². The van der Waals surface area contributed by atoms with E-state index >= 15 is 0 Å². The van der Waals surface area contributed by atoms with Gasteiger partial charge < -0.3 is 24.9 Å². The van der Waals surface area contributed by atoms with Gasteiger partial charge in [-0.2, -0.15) is 0 Å². The number of aliphatic imine (C=N–C) groups is 2. The first-order valence-electron chi connectivity index (χ1n) is 12.8. The zero-order valence-electron chi connectivity index (χ0n) is 21.4. The number of Topliss-reactive ketones (excluding diaryl/α,β-unsaturated/α-hetero) is 1. The summed E-state index contributed by atoms with van der Waals surface area (Å²) >= 11 is 6.55. The number of carbonyl (C=O) groups excluding carboxylic acids is 2. The number of benzene rings is 2. The van der Waals surface area contributed by atoms with E-state index in [1.165, 1.54) is 6.92 Å². The summed E-state index contributed by atoms with van der Waals surface area (Å²) in [5.74, 6) is 0.447. The minimum absolute atomic E-state index is 0.163. The zero-order chi connectivity index (χ0) is 27.4. The summed E-state index contributed by atoms with van der Waals surface area (Å²) < 4.78 is 11.8. The van der Waals surface area contributed by atoms with Gasteiger partial charge in [-0.25, -0.2) is 0 Å². The van der Waals surface area contributed by atoms with Gasteiger partial charge in [0.1, 0.15) is 23.3 Å². The number of aliphatic hydroxyl groups is 1. The summed E-state index contributed by atoms with van der Waals surface area (Å²) in [6.45, 7) is 2.42. The molecule has 1 aromatic heterocycles. The van der Waals surface area contributed by atoms with Crippen LogP contribution in [-0.2, 0) is 16.1 Å². The molecule has 0 spiro atoms. The quantitative estimate of drug-likeness (QED) is 0.365. The third-order valence-corrected chi connectivity index (χ3v) is 6.94. The predicted molar refractivity (Wildman–Crippen MR) is 148 cm³/mol. The average molecular weight is 549 g/mol. The van der Waals surface area contributed by atoms with Crippen LogP contribution in [-0.4, -0.2) is 64.6 Å². The largest absolute Gasteiger partial charge is 0.457 e. The molecule has 1 amide bonds. The molecule has 0 bridgehead atoms. The Morgan fingerprint density at radius 3 is 2.74 bits per heavy atom. The Labute approximate surface area is 230 Å². The number of aromatic amines is 1. The van der Waals surface area contributed by atoms with Gasteiger partial charge in [0.05, 0.1) is 36.0 Å². The standard InChI is InChI=1S/C29H29ClN4O5/c1-17(35)29(37)33-14-21-8-7-18(16-38-21)34-26-23-11-12-31-25(23)15-32-27(26)28(36)22-10-9-20(13-24(22)30)39-19-5-3-2-4-6-19/h2-6,9-13,17-18,21,31,35H,7-8,14-16H2,1H3,(H,33,37)/t17-,18+,21-/m0/s1. The van der Waals surface area contributed by atoms with E-state index in [1.54, 1.807) is 18.2 Å². The van der Waals surface area contributed by atoms with Gasteiger partial charge in [-0.1, -0.05) is 29.8 Å². The van der Waals surface area contributed by atoms with Gasteiger partial charge in [-0.05, 0) is 50.1 Å². The first kappa shape index (κ1) is 26.8. The number of fused-ring (bicyclic) bond motifs is 1. The fourth-order valence-electron chi connectivity index (χ4n) is 4.52. The second kappa shape index (κ2) is 11.9. The molecule has 0 aliphatic carbocycles. The van der Waals surface area contributed by atoms with Gasteiger partial charge in [0.25, 0.3) is 0 Å². The van der Waals surface area contributed by atoms with Gasteiger partial charge in [0.15, 0.2) is 0 Å². The van der Waals surface area contributed by atoms with Crippen LogP contribution in [0.15, 0.2) is 70.8 Å². The van der Waals surface area contributed by atoms with Crippen LogP contribution in [0.2, 0.25) is 5.02 Å². The molecule has 10 heteroatoms. The summed E-state index contributed by atoms with van der Waals surface area (Å²) in [5, 5.41) is 12.3. The second-order valence-corrected chi connectivity index (χ2v) is 9.91. The normalized spacial score (nSPS) is 20.6.